The third-order valence-corrected chi connectivity index (χ3v) is 16.7. The molecule has 89 heavy (non-hydrogen) atoms. The van der Waals surface area contributed by atoms with Crippen LogP contribution in [0, 0.1) is 0 Å². The van der Waals surface area contributed by atoms with Gasteiger partial charge >= 0.3 is 0 Å². The molecule has 3 saturated heterocycles. The Morgan fingerprint density at radius 2 is 1.07 bits per heavy atom. The van der Waals surface area contributed by atoms with Gasteiger partial charge in [-0.15, -0.1) is 0 Å². The molecule has 10 atom stereocenters. The van der Waals surface area contributed by atoms with Gasteiger partial charge in [0.15, 0.2) is 5.96 Å². The first-order valence-electron chi connectivity index (χ1n) is 29.4. The number of phenolic OH excluding ortho intramolecular Hbond substituents is 1. The van der Waals surface area contributed by atoms with Gasteiger partial charge in [0.2, 0.25) is 70.9 Å². The van der Waals surface area contributed by atoms with Gasteiger partial charge in [0, 0.05) is 56.9 Å². The van der Waals surface area contributed by atoms with Crippen LogP contribution in [-0.4, -0.2) is 213 Å². The van der Waals surface area contributed by atoms with Crippen LogP contribution in [0.3, 0.4) is 0 Å². The number of hydrogen-bond acceptors (Lipinski definition) is 18. The Kier molecular flexibility index (Phi) is 29.1. The number of aromatic hydroxyl groups is 1. The summed E-state index contributed by atoms with van der Waals surface area (Å²) in [5, 5.41) is 28.4. The number of amides is 12. The maximum Gasteiger partial charge on any atom is 0.246 e. The van der Waals surface area contributed by atoms with Gasteiger partial charge in [-0.1, -0.05) is 42.5 Å². The molecule has 0 unspecified atom stereocenters. The molecule has 3 fully saturated rings. The Labute approximate surface area is 531 Å². The number of guanidine groups is 1. The molecular formula is C57H84N16O13S3. The zero-order valence-electron chi connectivity index (χ0n) is 49.6. The van der Waals surface area contributed by atoms with Crippen LogP contribution in [0.2, 0.25) is 0 Å². The molecule has 0 radical (unpaired) electrons. The minimum Gasteiger partial charge on any atom is -0.508 e. The van der Waals surface area contributed by atoms with E-state index in [2.05, 4.69) is 67.5 Å². The van der Waals surface area contributed by atoms with Crippen molar-refractivity contribution >= 4 is 114 Å². The van der Waals surface area contributed by atoms with E-state index in [0.717, 1.165) is 0 Å². The molecule has 29 nitrogen and oxygen atoms in total. The topological polar surface area (TPSA) is 461 Å². The number of carbonyl (C=O) groups excluding carboxylic acids is 12. The first-order chi connectivity index (χ1) is 42.5. The zero-order valence-corrected chi connectivity index (χ0v) is 52.2. The lowest BCUT2D eigenvalue weighted by Crippen LogP contribution is -2.60. The minimum absolute atomic E-state index is 0.0757. The highest BCUT2D eigenvalue weighted by Gasteiger charge is 2.42. The lowest BCUT2D eigenvalue weighted by Gasteiger charge is -2.31. The van der Waals surface area contributed by atoms with E-state index in [0.29, 0.717) is 55.4 Å². The number of rotatable bonds is 34. The summed E-state index contributed by atoms with van der Waals surface area (Å²) >= 11 is 10.1. The number of benzene rings is 2. The average molecular weight is 1300 g/mol. The summed E-state index contributed by atoms with van der Waals surface area (Å²) in [7, 11) is 0. The van der Waals surface area contributed by atoms with Crippen molar-refractivity contribution in [2.45, 2.75) is 144 Å². The molecule has 5 rings (SSSR count). The quantitative estimate of drug-likeness (QED) is 0.0137. The molecular weight excluding hydrogens is 1210 g/mol. The van der Waals surface area contributed by atoms with E-state index in [-0.39, 0.29) is 87.9 Å². The van der Waals surface area contributed by atoms with Gasteiger partial charge in [-0.05, 0) is 99.5 Å². The normalized spacial score (nSPS) is 18.6. The molecule has 0 aliphatic carbocycles. The van der Waals surface area contributed by atoms with E-state index in [1.165, 1.54) is 50.7 Å². The molecule has 0 bridgehead atoms. The Hall–Kier alpha value is -7.84. The van der Waals surface area contributed by atoms with Crippen LogP contribution in [0.1, 0.15) is 81.8 Å². The zero-order chi connectivity index (χ0) is 65.3. The Morgan fingerprint density at radius 1 is 0.584 bits per heavy atom. The molecule has 32 heteroatoms. The van der Waals surface area contributed by atoms with Gasteiger partial charge in [-0.25, -0.2) is 0 Å². The summed E-state index contributed by atoms with van der Waals surface area (Å²) in [6, 6.07) is 2.26. The summed E-state index contributed by atoms with van der Waals surface area (Å²) in [5.41, 5.74) is 29.0. The highest BCUT2D eigenvalue weighted by molar-refractivity contribution is 7.98. The Morgan fingerprint density at radius 3 is 1.61 bits per heavy atom. The predicted octanol–water partition coefficient (Wildman–Crippen LogP) is -4.08. The fraction of sp³-hybridized carbons (Fsp3) is 0.561. The largest absolute Gasteiger partial charge is 0.508 e. The number of thiol groups is 2. The van der Waals surface area contributed by atoms with Gasteiger partial charge in [-0.3, -0.25) is 62.5 Å². The number of nitrogens with one attached hydrogen (secondary N) is 7. The van der Waals surface area contributed by atoms with Gasteiger partial charge in [-0.2, -0.15) is 37.0 Å². The molecule has 2 aromatic carbocycles. The number of likely N-dealkylation sites (tertiary alicyclic amines) is 3. The fourth-order valence-electron chi connectivity index (χ4n) is 10.6. The van der Waals surface area contributed by atoms with E-state index in [1.54, 1.807) is 30.3 Å². The number of phenols is 1. The highest BCUT2D eigenvalue weighted by atomic mass is 32.2. The van der Waals surface area contributed by atoms with Crippen LogP contribution in [0.4, 0.5) is 0 Å². The van der Waals surface area contributed by atoms with E-state index in [4.69, 9.17) is 28.7 Å². The molecule has 3 aliphatic heterocycles. The number of hydrogen-bond donors (Lipinski definition) is 15. The van der Waals surface area contributed by atoms with Crippen LogP contribution in [0.25, 0.3) is 0 Å². The van der Waals surface area contributed by atoms with Crippen molar-refractivity contribution in [2.24, 2.45) is 33.7 Å². The van der Waals surface area contributed by atoms with Crippen molar-refractivity contribution in [1.82, 2.24) is 51.9 Å². The number of nitrogens with zero attached hydrogens (tertiary/aromatic N) is 4. The van der Waals surface area contributed by atoms with Crippen molar-refractivity contribution in [1.29, 1.82) is 0 Å². The smallest absolute Gasteiger partial charge is 0.246 e. The molecule has 3 heterocycles. The second-order valence-corrected chi connectivity index (χ2v) is 23.6. The maximum absolute atomic E-state index is 14.5. The fourth-order valence-corrected chi connectivity index (χ4v) is 11.6. The molecule has 0 aromatic heterocycles. The van der Waals surface area contributed by atoms with Crippen LogP contribution in [0.5, 0.6) is 5.75 Å². The number of nitrogens with two attached hydrogens (primary N) is 5. The van der Waals surface area contributed by atoms with Crippen LogP contribution in [-0.2, 0) is 70.4 Å². The van der Waals surface area contributed by atoms with Crippen LogP contribution < -0.4 is 65.9 Å². The molecule has 0 spiro atoms. The van der Waals surface area contributed by atoms with E-state index in [9.17, 15) is 62.6 Å². The minimum atomic E-state index is -1.51. The standard InChI is InChI=1S/C57H84N16O13S3/c1-89-26-21-36(47(60)77)65-52(82)42-12-6-23-71(42)46(76)29-64-48(78)38(28-33-15-17-34(74)18-16-33)67-50(80)39(27-32-9-3-2-4-10-32)68-51(81)40(30-87)69-49(79)37(19-20-45(59)75)66-53(83)44-14-8-25-73(44)56(86)41(31-88)70-54(84)43-13-7-24-72(43)55(85)35(58)11-5-22-63-57(61)62/h2-4,9-10,15-18,35-44,74,87-88H,5-8,11-14,19-31,58H2,1H3,(H2,59,75)(H2,60,77)(H,64,78)(H,65,82)(H,66,83)(H,67,80)(H,68,81)(H,69,79)(H,70,84)(H4,61,62,63)/t35-,36-,37-,38-,39-,40-,41-,42-,43-,44-/m0/s1. The lowest BCUT2D eigenvalue weighted by atomic mass is 10.0. The number of primary amides is 2. The Balaban J connectivity index is 1.27. The van der Waals surface area contributed by atoms with Crippen molar-refractivity contribution in [3.8, 4) is 5.75 Å². The molecule has 488 valence electrons. The van der Waals surface area contributed by atoms with Gasteiger partial charge in [0.1, 0.15) is 60.1 Å². The highest BCUT2D eigenvalue weighted by Crippen LogP contribution is 2.23. The SMILES string of the molecule is CSCC[C@H](NC(=O)[C@@H]1CCCN1C(=O)CNC(=O)[C@H](Cc1ccc(O)cc1)NC(=O)[C@H](Cc1ccccc1)NC(=O)[C@H](CS)NC(=O)[C@H](CCC(N)=O)NC(=O)[C@@H]1CCCN1C(=O)[C@H](CS)NC(=O)[C@@H]1CCCN1C(=O)[C@@H](N)CCCN=C(N)N)C(N)=O. The van der Waals surface area contributed by atoms with Gasteiger partial charge in [0.25, 0.3) is 0 Å². The lowest BCUT2D eigenvalue weighted by molar-refractivity contribution is -0.143. The summed E-state index contributed by atoms with van der Waals surface area (Å²) in [6.45, 7) is 0.195. The summed E-state index contributed by atoms with van der Waals surface area (Å²) in [6.07, 6.45) is 3.78. The molecule has 12 amide bonds. The van der Waals surface area contributed by atoms with Gasteiger partial charge < -0.3 is 85.7 Å². The summed E-state index contributed by atoms with van der Waals surface area (Å²) < 4.78 is 0. The molecule has 3 aliphatic rings. The first kappa shape index (κ1) is 71.9. The van der Waals surface area contributed by atoms with E-state index >= 15 is 0 Å². The third-order valence-electron chi connectivity index (χ3n) is 15.4. The molecule has 18 N–H and O–H groups in total. The van der Waals surface area contributed by atoms with Crippen molar-refractivity contribution < 1.29 is 62.6 Å². The van der Waals surface area contributed by atoms with Crippen molar-refractivity contribution in [3.05, 3.63) is 65.7 Å². The maximum atomic E-state index is 14.5. The number of aliphatic imine (C=N–C) groups is 1. The van der Waals surface area contributed by atoms with Crippen LogP contribution in [0.15, 0.2) is 59.6 Å². The van der Waals surface area contributed by atoms with Crippen molar-refractivity contribution in [2.75, 3.05) is 56.2 Å². The number of thioether (sulfide) groups is 1. The first-order valence-corrected chi connectivity index (χ1v) is 32.0. The van der Waals surface area contributed by atoms with Crippen LogP contribution >= 0.6 is 37.0 Å². The molecule has 2 aromatic rings. The summed E-state index contributed by atoms with van der Waals surface area (Å²) in [5.74, 6) is -9.02. The Bertz CT molecular complexity index is 2860. The monoisotopic (exact) mass is 1300 g/mol. The van der Waals surface area contributed by atoms with E-state index in [1.807, 2.05) is 6.26 Å². The summed E-state index contributed by atoms with van der Waals surface area (Å²) in [4.78, 5) is 172. The van der Waals surface area contributed by atoms with Crippen molar-refractivity contribution in [3.63, 3.8) is 0 Å². The van der Waals surface area contributed by atoms with Gasteiger partial charge in [0.05, 0.1) is 12.6 Å². The van der Waals surface area contributed by atoms with E-state index < -0.39 is 144 Å². The average Bonchev–Trinajstić information content (AvgIpc) is 2.69. The second kappa shape index (κ2) is 36.0. The molecule has 0 saturated carbocycles. The third kappa shape index (κ3) is 22.0. The number of carbonyl (C=O) groups is 12. The second-order valence-electron chi connectivity index (χ2n) is 21.9. The predicted molar refractivity (Wildman–Crippen MR) is 337 cm³/mol.